The standard InChI is InChI=1S/C6H9NO3S/c1-4(8)11-7-5(9)2-3-6(7)10/h4,8H,2-3H2,1H3. The van der Waals surface area contributed by atoms with Crippen LogP contribution < -0.4 is 0 Å². The van der Waals surface area contributed by atoms with Crippen molar-refractivity contribution < 1.29 is 14.7 Å². The quantitative estimate of drug-likeness (QED) is 0.368. The van der Waals surface area contributed by atoms with Crippen molar-refractivity contribution in [3.63, 3.8) is 0 Å². The van der Waals surface area contributed by atoms with Crippen molar-refractivity contribution >= 4 is 23.8 Å². The third-order valence-corrected chi connectivity index (χ3v) is 2.19. The van der Waals surface area contributed by atoms with Crippen molar-refractivity contribution in [3.05, 3.63) is 0 Å². The number of carbonyl (C=O) groups is 2. The summed E-state index contributed by atoms with van der Waals surface area (Å²) in [7, 11) is 0. The molecule has 0 aromatic rings. The monoisotopic (exact) mass is 175 g/mol. The molecule has 0 aromatic heterocycles. The molecular formula is C6H9NO3S. The van der Waals surface area contributed by atoms with Crippen molar-refractivity contribution in [2.45, 2.75) is 25.2 Å². The molecule has 11 heavy (non-hydrogen) atoms. The van der Waals surface area contributed by atoms with Gasteiger partial charge in [0.2, 0.25) is 11.8 Å². The summed E-state index contributed by atoms with van der Waals surface area (Å²) in [5, 5.41) is 8.87. The Morgan fingerprint density at radius 2 is 1.91 bits per heavy atom. The molecule has 1 atom stereocenters. The van der Waals surface area contributed by atoms with Crippen LogP contribution in [0.4, 0.5) is 0 Å². The molecule has 0 aliphatic carbocycles. The molecule has 2 amide bonds. The Bertz CT molecular complexity index is 176. The van der Waals surface area contributed by atoms with E-state index in [1.807, 2.05) is 0 Å². The van der Waals surface area contributed by atoms with E-state index < -0.39 is 5.44 Å². The van der Waals surface area contributed by atoms with Gasteiger partial charge in [0, 0.05) is 12.8 Å². The molecule has 5 heteroatoms. The van der Waals surface area contributed by atoms with E-state index in [9.17, 15) is 9.59 Å². The molecule has 1 N–H and O–H groups in total. The molecule has 1 unspecified atom stereocenters. The average molecular weight is 175 g/mol. The fourth-order valence-electron chi connectivity index (χ4n) is 0.826. The first kappa shape index (κ1) is 8.55. The lowest BCUT2D eigenvalue weighted by Crippen LogP contribution is -2.23. The predicted octanol–water partition coefficient (Wildman–Crippen LogP) is 0.122. The molecule has 0 spiro atoms. The molecule has 0 bridgehead atoms. The number of aliphatic hydroxyl groups is 1. The van der Waals surface area contributed by atoms with Crippen LogP contribution in [0.1, 0.15) is 19.8 Å². The van der Waals surface area contributed by atoms with E-state index in [0.717, 1.165) is 16.3 Å². The van der Waals surface area contributed by atoms with Crippen LogP contribution in [0.25, 0.3) is 0 Å². The van der Waals surface area contributed by atoms with Crippen LogP contribution >= 0.6 is 11.9 Å². The van der Waals surface area contributed by atoms with Crippen LogP contribution in [0.5, 0.6) is 0 Å². The van der Waals surface area contributed by atoms with Crippen molar-refractivity contribution in [1.29, 1.82) is 0 Å². The van der Waals surface area contributed by atoms with Crippen molar-refractivity contribution in [3.8, 4) is 0 Å². The van der Waals surface area contributed by atoms with E-state index in [1.54, 1.807) is 0 Å². The van der Waals surface area contributed by atoms with E-state index in [-0.39, 0.29) is 24.7 Å². The molecule has 1 aliphatic heterocycles. The van der Waals surface area contributed by atoms with Crippen molar-refractivity contribution in [2.75, 3.05) is 0 Å². The van der Waals surface area contributed by atoms with Gasteiger partial charge in [-0.05, 0) is 18.9 Å². The average Bonchev–Trinajstić information content (AvgIpc) is 2.18. The summed E-state index contributed by atoms with van der Waals surface area (Å²) in [5.41, 5.74) is -0.707. The van der Waals surface area contributed by atoms with Crippen LogP contribution in [0.15, 0.2) is 0 Å². The molecule has 0 radical (unpaired) electrons. The summed E-state index contributed by atoms with van der Waals surface area (Å²) in [6.45, 7) is 1.52. The number of amides is 2. The summed E-state index contributed by atoms with van der Waals surface area (Å²) in [6, 6.07) is 0. The molecule has 1 heterocycles. The zero-order chi connectivity index (χ0) is 8.43. The second-order valence-electron chi connectivity index (χ2n) is 2.29. The Labute approximate surface area is 68.7 Å². The van der Waals surface area contributed by atoms with E-state index in [0.29, 0.717) is 0 Å². The van der Waals surface area contributed by atoms with Gasteiger partial charge in [0.1, 0.15) is 5.44 Å². The van der Waals surface area contributed by atoms with E-state index in [1.165, 1.54) is 6.92 Å². The van der Waals surface area contributed by atoms with Crippen LogP contribution in [0.2, 0.25) is 0 Å². The van der Waals surface area contributed by atoms with Crippen LogP contribution in [0.3, 0.4) is 0 Å². The van der Waals surface area contributed by atoms with Crippen LogP contribution in [0, 0.1) is 0 Å². The molecule has 1 aliphatic rings. The smallest absolute Gasteiger partial charge is 0.239 e. The number of aliphatic hydroxyl groups excluding tert-OH is 1. The van der Waals surface area contributed by atoms with E-state index >= 15 is 0 Å². The van der Waals surface area contributed by atoms with Gasteiger partial charge in [-0.25, -0.2) is 4.31 Å². The number of nitrogens with zero attached hydrogens (tertiary/aromatic N) is 1. The minimum Gasteiger partial charge on any atom is -0.381 e. The molecular weight excluding hydrogens is 166 g/mol. The third-order valence-electron chi connectivity index (χ3n) is 1.26. The van der Waals surface area contributed by atoms with Gasteiger partial charge in [-0.3, -0.25) is 9.59 Å². The van der Waals surface area contributed by atoms with Crippen molar-refractivity contribution in [2.24, 2.45) is 0 Å². The summed E-state index contributed by atoms with van der Waals surface area (Å²) in [4.78, 5) is 21.8. The maximum atomic E-state index is 10.9. The Morgan fingerprint density at radius 3 is 2.27 bits per heavy atom. The number of imide groups is 1. The highest BCUT2D eigenvalue weighted by Crippen LogP contribution is 2.23. The Balaban J connectivity index is 2.55. The van der Waals surface area contributed by atoms with Gasteiger partial charge in [-0.15, -0.1) is 0 Å². The third kappa shape index (κ3) is 1.94. The maximum absolute atomic E-state index is 10.9. The van der Waals surface area contributed by atoms with E-state index in [2.05, 4.69) is 0 Å². The second kappa shape index (κ2) is 3.23. The number of hydrogen-bond donors (Lipinski definition) is 1. The minimum atomic E-state index is -0.707. The van der Waals surface area contributed by atoms with Crippen LogP contribution in [-0.2, 0) is 9.59 Å². The van der Waals surface area contributed by atoms with E-state index in [4.69, 9.17) is 5.11 Å². The van der Waals surface area contributed by atoms with Gasteiger partial charge in [0.15, 0.2) is 0 Å². The molecule has 1 saturated heterocycles. The fraction of sp³-hybridized carbons (Fsp3) is 0.667. The zero-order valence-corrected chi connectivity index (χ0v) is 6.93. The lowest BCUT2D eigenvalue weighted by atomic mass is 10.4. The molecule has 0 saturated carbocycles. The number of hydrogen-bond acceptors (Lipinski definition) is 4. The Kier molecular flexibility index (Phi) is 2.51. The molecule has 0 aromatic carbocycles. The van der Waals surface area contributed by atoms with Gasteiger partial charge in [0.25, 0.3) is 0 Å². The number of carbonyl (C=O) groups excluding carboxylic acids is 2. The lowest BCUT2D eigenvalue weighted by molar-refractivity contribution is -0.131. The zero-order valence-electron chi connectivity index (χ0n) is 6.11. The molecule has 1 rings (SSSR count). The lowest BCUT2D eigenvalue weighted by Gasteiger charge is -2.12. The van der Waals surface area contributed by atoms with Gasteiger partial charge < -0.3 is 5.11 Å². The van der Waals surface area contributed by atoms with Gasteiger partial charge in [-0.1, -0.05) is 0 Å². The Hall–Kier alpha value is -0.550. The summed E-state index contributed by atoms with van der Waals surface area (Å²) < 4.78 is 1.03. The minimum absolute atomic E-state index is 0.207. The first-order valence-corrected chi connectivity index (χ1v) is 4.15. The first-order valence-electron chi connectivity index (χ1n) is 3.32. The highest BCUT2D eigenvalue weighted by molar-refractivity contribution is 7.98. The SMILES string of the molecule is CC(O)SN1C(=O)CCC1=O. The Morgan fingerprint density at radius 1 is 1.45 bits per heavy atom. The van der Waals surface area contributed by atoms with Gasteiger partial charge in [-0.2, -0.15) is 0 Å². The number of rotatable bonds is 2. The normalized spacial score (nSPS) is 21.1. The summed E-state index contributed by atoms with van der Waals surface area (Å²) >= 11 is 0.868. The van der Waals surface area contributed by atoms with Crippen LogP contribution in [-0.4, -0.2) is 26.7 Å². The summed E-state index contributed by atoms with van der Waals surface area (Å²) in [5.74, 6) is -0.415. The topological polar surface area (TPSA) is 57.6 Å². The highest BCUT2D eigenvalue weighted by atomic mass is 32.2. The molecule has 4 nitrogen and oxygen atoms in total. The molecule has 1 fully saturated rings. The molecule has 62 valence electrons. The fourth-order valence-corrected chi connectivity index (χ4v) is 1.55. The highest BCUT2D eigenvalue weighted by Gasteiger charge is 2.30. The van der Waals surface area contributed by atoms with Gasteiger partial charge >= 0.3 is 0 Å². The second-order valence-corrected chi connectivity index (χ2v) is 3.54. The van der Waals surface area contributed by atoms with Gasteiger partial charge in [0.05, 0.1) is 0 Å². The predicted molar refractivity (Wildman–Crippen MR) is 40.4 cm³/mol. The van der Waals surface area contributed by atoms with Crippen molar-refractivity contribution in [1.82, 2.24) is 4.31 Å². The summed E-state index contributed by atoms with van der Waals surface area (Å²) in [6.07, 6.45) is 0.553. The first-order chi connectivity index (χ1) is 5.11. The maximum Gasteiger partial charge on any atom is 0.239 e. The largest absolute Gasteiger partial charge is 0.381 e.